The minimum Gasteiger partial charge on any atom is -0.396 e. The molecule has 88 valence electrons. The molecule has 0 amide bonds. The first-order valence-corrected chi connectivity index (χ1v) is 5.68. The highest BCUT2D eigenvalue weighted by molar-refractivity contribution is 6.29. The number of pyridine rings is 1. The van der Waals surface area contributed by atoms with Crippen molar-refractivity contribution in [2.45, 2.75) is 6.92 Å². The molecule has 0 aliphatic heterocycles. The Labute approximate surface area is 106 Å². The number of nitrogens with zero attached hydrogens (tertiary/aromatic N) is 2. The van der Waals surface area contributed by atoms with Crippen molar-refractivity contribution in [3.05, 3.63) is 47.1 Å². The fraction of sp³-hybridized carbons (Fsp3) is 0.154. The van der Waals surface area contributed by atoms with Crippen LogP contribution in [0.2, 0.25) is 5.15 Å². The van der Waals surface area contributed by atoms with E-state index in [1.807, 2.05) is 36.2 Å². The minimum atomic E-state index is 0.438. The number of anilines is 3. The first kappa shape index (κ1) is 11.7. The average molecular weight is 248 g/mol. The third-order valence-corrected chi connectivity index (χ3v) is 2.82. The Hall–Kier alpha value is -1.74. The molecule has 0 spiro atoms. The summed E-state index contributed by atoms with van der Waals surface area (Å²) in [6.45, 7) is 2.05. The van der Waals surface area contributed by atoms with E-state index in [4.69, 9.17) is 17.3 Å². The van der Waals surface area contributed by atoms with Gasteiger partial charge in [-0.05, 0) is 31.2 Å². The van der Waals surface area contributed by atoms with E-state index >= 15 is 0 Å². The Morgan fingerprint density at radius 2 is 1.76 bits per heavy atom. The molecule has 2 rings (SSSR count). The number of nitrogen functional groups attached to an aromatic ring is 1. The molecule has 0 saturated heterocycles. The highest BCUT2D eigenvalue weighted by Gasteiger charge is 2.09. The van der Waals surface area contributed by atoms with Crippen LogP contribution in [-0.4, -0.2) is 12.0 Å². The van der Waals surface area contributed by atoms with E-state index in [1.165, 1.54) is 5.56 Å². The van der Waals surface area contributed by atoms with Gasteiger partial charge >= 0.3 is 0 Å². The zero-order valence-corrected chi connectivity index (χ0v) is 10.6. The molecule has 0 radical (unpaired) electrons. The summed E-state index contributed by atoms with van der Waals surface area (Å²) in [5.74, 6) is 0.668. The van der Waals surface area contributed by atoms with Crippen molar-refractivity contribution >= 4 is 28.8 Å². The molecule has 1 aromatic heterocycles. The maximum Gasteiger partial charge on any atom is 0.157 e. The molecule has 0 atom stereocenters. The molecule has 1 aromatic carbocycles. The van der Waals surface area contributed by atoms with Gasteiger partial charge in [-0.2, -0.15) is 0 Å². The molecule has 1 heterocycles. The summed E-state index contributed by atoms with van der Waals surface area (Å²) >= 11 is 5.88. The SMILES string of the molecule is Cc1ccc(N(C)c2nc(Cl)ccc2N)cc1. The molecule has 2 N–H and O–H groups in total. The largest absolute Gasteiger partial charge is 0.396 e. The topological polar surface area (TPSA) is 42.2 Å². The van der Waals surface area contributed by atoms with Crippen molar-refractivity contribution in [1.82, 2.24) is 4.98 Å². The van der Waals surface area contributed by atoms with Gasteiger partial charge in [0.2, 0.25) is 0 Å². The molecule has 4 heteroatoms. The standard InChI is InChI=1S/C13H14ClN3/c1-9-3-5-10(6-4-9)17(2)13-11(15)7-8-12(14)16-13/h3-8H,15H2,1-2H3. The molecule has 0 unspecified atom stereocenters. The van der Waals surface area contributed by atoms with Crippen molar-refractivity contribution in [2.75, 3.05) is 17.7 Å². The third-order valence-electron chi connectivity index (χ3n) is 2.61. The predicted molar refractivity (Wildman–Crippen MR) is 72.9 cm³/mol. The fourth-order valence-corrected chi connectivity index (χ4v) is 1.74. The van der Waals surface area contributed by atoms with Crippen LogP contribution < -0.4 is 10.6 Å². The fourth-order valence-electron chi connectivity index (χ4n) is 1.60. The van der Waals surface area contributed by atoms with E-state index in [9.17, 15) is 0 Å². The van der Waals surface area contributed by atoms with E-state index in [0.29, 0.717) is 16.7 Å². The van der Waals surface area contributed by atoms with Gasteiger partial charge in [0.15, 0.2) is 5.82 Å². The van der Waals surface area contributed by atoms with E-state index < -0.39 is 0 Å². The van der Waals surface area contributed by atoms with E-state index in [0.717, 1.165) is 5.69 Å². The first-order valence-electron chi connectivity index (χ1n) is 5.30. The maximum absolute atomic E-state index is 5.89. The summed E-state index contributed by atoms with van der Waals surface area (Å²) in [6.07, 6.45) is 0. The molecule has 3 nitrogen and oxygen atoms in total. The molecule has 0 fully saturated rings. The van der Waals surface area contributed by atoms with Gasteiger partial charge in [-0.25, -0.2) is 4.98 Å². The maximum atomic E-state index is 5.89. The number of hydrogen-bond donors (Lipinski definition) is 1. The van der Waals surface area contributed by atoms with Crippen molar-refractivity contribution in [1.29, 1.82) is 0 Å². The Morgan fingerprint density at radius 3 is 2.41 bits per heavy atom. The number of hydrogen-bond acceptors (Lipinski definition) is 3. The van der Waals surface area contributed by atoms with E-state index in [1.54, 1.807) is 12.1 Å². The van der Waals surface area contributed by atoms with Crippen molar-refractivity contribution < 1.29 is 0 Å². The lowest BCUT2D eigenvalue weighted by atomic mass is 10.2. The summed E-state index contributed by atoms with van der Waals surface area (Å²) in [7, 11) is 1.92. The molecule has 17 heavy (non-hydrogen) atoms. The van der Waals surface area contributed by atoms with Gasteiger partial charge in [0.1, 0.15) is 5.15 Å². The highest BCUT2D eigenvalue weighted by atomic mass is 35.5. The number of benzene rings is 1. The number of aromatic nitrogens is 1. The smallest absolute Gasteiger partial charge is 0.157 e. The molecule has 0 aliphatic rings. The summed E-state index contributed by atoms with van der Waals surface area (Å²) in [5.41, 5.74) is 8.75. The molecular weight excluding hydrogens is 234 g/mol. The van der Waals surface area contributed by atoms with Crippen LogP contribution >= 0.6 is 11.6 Å². The highest BCUT2D eigenvalue weighted by Crippen LogP contribution is 2.28. The van der Waals surface area contributed by atoms with Gasteiger partial charge in [-0.1, -0.05) is 29.3 Å². The van der Waals surface area contributed by atoms with Crippen LogP contribution in [0.5, 0.6) is 0 Å². The third kappa shape index (κ3) is 2.50. The number of halogens is 1. The van der Waals surface area contributed by atoms with Crippen molar-refractivity contribution in [3.63, 3.8) is 0 Å². The summed E-state index contributed by atoms with van der Waals surface area (Å²) in [6, 6.07) is 11.6. The molecule has 2 aromatic rings. The van der Waals surface area contributed by atoms with Crippen molar-refractivity contribution in [2.24, 2.45) is 0 Å². The van der Waals surface area contributed by atoms with Crippen LogP contribution in [0.1, 0.15) is 5.56 Å². The van der Waals surface area contributed by atoms with Crippen LogP contribution in [0.15, 0.2) is 36.4 Å². The van der Waals surface area contributed by atoms with Crippen molar-refractivity contribution in [3.8, 4) is 0 Å². The number of rotatable bonds is 2. The second-order valence-corrected chi connectivity index (χ2v) is 4.33. The van der Waals surface area contributed by atoms with Gasteiger partial charge < -0.3 is 10.6 Å². The van der Waals surface area contributed by atoms with E-state index in [-0.39, 0.29) is 0 Å². The van der Waals surface area contributed by atoms with Crippen LogP contribution in [0, 0.1) is 6.92 Å². The van der Waals surface area contributed by atoms with Crippen LogP contribution in [0.4, 0.5) is 17.2 Å². The van der Waals surface area contributed by atoms with Gasteiger partial charge in [-0.15, -0.1) is 0 Å². The zero-order valence-electron chi connectivity index (χ0n) is 9.81. The molecule has 0 bridgehead atoms. The Balaban J connectivity index is 2.39. The minimum absolute atomic E-state index is 0.438. The lowest BCUT2D eigenvalue weighted by molar-refractivity contribution is 1.13. The van der Waals surface area contributed by atoms with Gasteiger partial charge in [0, 0.05) is 12.7 Å². The number of aryl methyl sites for hydroxylation is 1. The second kappa shape index (κ2) is 4.63. The van der Waals surface area contributed by atoms with Gasteiger partial charge in [0.25, 0.3) is 0 Å². The average Bonchev–Trinajstić information content (AvgIpc) is 2.32. The molecule has 0 saturated carbocycles. The molecular formula is C13H14ClN3. The Bertz CT molecular complexity index is 523. The van der Waals surface area contributed by atoms with Crippen LogP contribution in [0.25, 0.3) is 0 Å². The summed E-state index contributed by atoms with van der Waals surface area (Å²) < 4.78 is 0. The Morgan fingerprint density at radius 1 is 1.12 bits per heavy atom. The van der Waals surface area contributed by atoms with Crippen LogP contribution in [-0.2, 0) is 0 Å². The monoisotopic (exact) mass is 247 g/mol. The van der Waals surface area contributed by atoms with Gasteiger partial charge in [-0.3, -0.25) is 0 Å². The summed E-state index contributed by atoms with van der Waals surface area (Å²) in [5, 5.41) is 0.438. The summed E-state index contributed by atoms with van der Waals surface area (Å²) in [4.78, 5) is 6.16. The molecule has 0 aliphatic carbocycles. The normalized spacial score (nSPS) is 10.3. The van der Waals surface area contributed by atoms with E-state index in [2.05, 4.69) is 11.9 Å². The van der Waals surface area contributed by atoms with Gasteiger partial charge in [0.05, 0.1) is 5.69 Å². The lowest BCUT2D eigenvalue weighted by Crippen LogP contribution is -2.13. The first-order chi connectivity index (χ1) is 8.08. The predicted octanol–water partition coefficient (Wildman–Crippen LogP) is 3.39. The number of nitrogens with two attached hydrogens (primary N) is 1. The second-order valence-electron chi connectivity index (χ2n) is 3.94. The lowest BCUT2D eigenvalue weighted by Gasteiger charge is -2.20. The Kier molecular flexibility index (Phi) is 3.20. The quantitative estimate of drug-likeness (QED) is 0.827. The van der Waals surface area contributed by atoms with Crippen LogP contribution in [0.3, 0.4) is 0 Å². The zero-order chi connectivity index (χ0) is 12.4.